The number of aliphatic hydroxyl groups excluding tert-OH is 2. The third kappa shape index (κ3) is 3.92. The van der Waals surface area contributed by atoms with Gasteiger partial charge in [-0.05, 0) is 25.1 Å². The van der Waals surface area contributed by atoms with Crippen LogP contribution in [0.25, 0.3) is 0 Å². The van der Waals surface area contributed by atoms with E-state index in [2.05, 4.69) is 10.3 Å². The van der Waals surface area contributed by atoms with Crippen molar-refractivity contribution in [3.05, 3.63) is 58.1 Å². The molecule has 0 spiro atoms. The first-order valence-corrected chi connectivity index (χ1v) is 8.49. The molecule has 2 aromatic rings. The zero-order valence-corrected chi connectivity index (χ0v) is 15.1. The van der Waals surface area contributed by atoms with Crippen LogP contribution < -0.4 is 11.0 Å². The van der Waals surface area contributed by atoms with Crippen molar-refractivity contribution in [2.75, 3.05) is 11.9 Å². The van der Waals surface area contributed by atoms with Gasteiger partial charge >= 0.3 is 11.6 Å². The highest BCUT2D eigenvalue weighted by molar-refractivity contribution is 6.04. The van der Waals surface area contributed by atoms with Crippen molar-refractivity contribution in [2.24, 2.45) is 0 Å². The van der Waals surface area contributed by atoms with E-state index >= 15 is 0 Å². The Balaban J connectivity index is 1.78. The average molecular weight is 409 g/mol. The van der Waals surface area contributed by atoms with Gasteiger partial charge in [0.05, 0.1) is 6.61 Å². The van der Waals surface area contributed by atoms with Gasteiger partial charge in [0.25, 0.3) is 5.91 Å². The molecule has 1 fully saturated rings. The number of Topliss-reactive ketones (excluding diaryl/α,β-unsaturated/α-hetero) is 1. The van der Waals surface area contributed by atoms with Crippen molar-refractivity contribution in [1.82, 2.24) is 9.55 Å². The van der Waals surface area contributed by atoms with Gasteiger partial charge in [-0.3, -0.25) is 14.2 Å². The summed E-state index contributed by atoms with van der Waals surface area (Å²) in [7, 11) is 0. The quantitative estimate of drug-likeness (QED) is 0.616. The number of anilines is 1. The minimum atomic E-state index is -3.83. The largest absolute Gasteiger partial charge is 0.394 e. The second-order valence-corrected chi connectivity index (χ2v) is 6.42. The summed E-state index contributed by atoms with van der Waals surface area (Å²) in [6.07, 6.45) is -5.06. The first kappa shape index (κ1) is 20.7. The number of carbonyl (C=O) groups excluding carboxylic acids is 2. The van der Waals surface area contributed by atoms with Crippen LogP contribution in [0.5, 0.6) is 0 Å². The number of rotatable bonds is 5. The number of benzene rings is 1. The lowest BCUT2D eigenvalue weighted by molar-refractivity contribution is -0.140. The van der Waals surface area contributed by atoms with E-state index in [1.54, 1.807) is 0 Å². The van der Waals surface area contributed by atoms with Crippen molar-refractivity contribution < 1.29 is 33.3 Å². The minimum Gasteiger partial charge on any atom is -0.394 e. The molecule has 1 aromatic heterocycles. The molecule has 3 atom stereocenters. The molecule has 1 aromatic carbocycles. The Bertz CT molecular complexity index is 992. The first-order valence-electron chi connectivity index (χ1n) is 8.49. The summed E-state index contributed by atoms with van der Waals surface area (Å²) < 4.78 is 33.7. The lowest BCUT2D eigenvalue weighted by Gasteiger charge is -2.21. The Labute approximate surface area is 162 Å². The molecule has 3 N–H and O–H groups in total. The monoisotopic (exact) mass is 409 g/mol. The number of halogens is 2. The van der Waals surface area contributed by atoms with E-state index in [0.29, 0.717) is 10.1 Å². The summed E-state index contributed by atoms with van der Waals surface area (Å²) in [5.74, 6) is -4.81. The van der Waals surface area contributed by atoms with Crippen LogP contribution in [0.15, 0.2) is 41.3 Å². The molecule has 0 saturated carbocycles. The SMILES string of the molecule is CC(=O)c1ccc(C(=O)Nc2ccn([C@@H]3OC(CO)[C@@H](O)C3(F)F)c(=O)n2)cc1. The fourth-order valence-electron chi connectivity index (χ4n) is 2.82. The van der Waals surface area contributed by atoms with Gasteiger partial charge in [0.2, 0.25) is 6.23 Å². The zero-order chi connectivity index (χ0) is 21.3. The van der Waals surface area contributed by atoms with E-state index in [4.69, 9.17) is 9.84 Å². The summed E-state index contributed by atoms with van der Waals surface area (Å²) in [6, 6.07) is 6.87. The van der Waals surface area contributed by atoms with Crippen LogP contribution in [0.3, 0.4) is 0 Å². The van der Waals surface area contributed by atoms with Gasteiger partial charge in [-0.15, -0.1) is 0 Å². The fraction of sp³-hybridized carbons (Fsp3) is 0.333. The number of aliphatic hydroxyl groups is 2. The van der Waals surface area contributed by atoms with Crippen molar-refractivity contribution in [2.45, 2.75) is 31.3 Å². The standard InChI is InChI=1S/C18H17F2N3O6/c1-9(25)10-2-4-11(5-3-10)15(27)21-13-6-7-23(17(28)22-13)16-18(19,20)14(26)12(8-24)29-16/h2-7,12,14,16,24,26H,8H2,1H3,(H,21,22,27,28)/t12?,14-,16-/m1/s1. The molecule has 29 heavy (non-hydrogen) atoms. The van der Waals surface area contributed by atoms with Gasteiger partial charge in [0.15, 0.2) is 11.9 Å². The number of ketones is 1. The topological polar surface area (TPSA) is 131 Å². The number of nitrogens with zero attached hydrogens (tertiary/aromatic N) is 2. The van der Waals surface area contributed by atoms with E-state index in [-0.39, 0.29) is 17.2 Å². The molecule has 2 heterocycles. The normalized spacial score (nSPS) is 23.0. The number of hydrogen-bond acceptors (Lipinski definition) is 7. The molecular weight excluding hydrogens is 392 g/mol. The Kier molecular flexibility index (Phi) is 5.55. The summed E-state index contributed by atoms with van der Waals surface area (Å²) >= 11 is 0. The van der Waals surface area contributed by atoms with E-state index in [1.807, 2.05) is 0 Å². The van der Waals surface area contributed by atoms with Gasteiger partial charge in [-0.25, -0.2) is 4.79 Å². The van der Waals surface area contributed by atoms with Crippen LogP contribution in [0, 0.1) is 0 Å². The predicted octanol–water partition coefficient (Wildman–Crippen LogP) is 0.584. The van der Waals surface area contributed by atoms with Crippen molar-refractivity contribution in [3.63, 3.8) is 0 Å². The van der Waals surface area contributed by atoms with E-state index in [9.17, 15) is 28.3 Å². The van der Waals surface area contributed by atoms with Gasteiger partial charge in [0.1, 0.15) is 11.9 Å². The molecule has 1 unspecified atom stereocenters. The second kappa shape index (κ2) is 7.78. The second-order valence-electron chi connectivity index (χ2n) is 6.42. The lowest BCUT2D eigenvalue weighted by Crippen LogP contribution is -2.41. The van der Waals surface area contributed by atoms with Crippen LogP contribution in [0.2, 0.25) is 0 Å². The Morgan fingerprint density at radius 2 is 1.86 bits per heavy atom. The highest BCUT2D eigenvalue weighted by Gasteiger charge is 2.59. The predicted molar refractivity (Wildman–Crippen MR) is 94.8 cm³/mol. The molecule has 3 rings (SSSR count). The molecule has 154 valence electrons. The van der Waals surface area contributed by atoms with Crippen molar-refractivity contribution in [3.8, 4) is 0 Å². The summed E-state index contributed by atoms with van der Waals surface area (Å²) in [4.78, 5) is 39.2. The van der Waals surface area contributed by atoms with E-state index in [1.165, 1.54) is 31.2 Å². The zero-order valence-electron chi connectivity index (χ0n) is 15.1. The molecule has 1 aliphatic rings. The molecule has 1 aliphatic heterocycles. The Morgan fingerprint density at radius 3 is 2.38 bits per heavy atom. The van der Waals surface area contributed by atoms with Gasteiger partial charge in [-0.2, -0.15) is 13.8 Å². The number of amides is 1. The van der Waals surface area contributed by atoms with Gasteiger partial charge < -0.3 is 20.3 Å². The Hall–Kier alpha value is -3.02. The summed E-state index contributed by atoms with van der Waals surface area (Å²) in [5, 5.41) is 20.9. The molecule has 1 saturated heterocycles. The number of alkyl halides is 2. The lowest BCUT2D eigenvalue weighted by atomic mass is 10.1. The van der Waals surface area contributed by atoms with Gasteiger partial charge in [-0.1, -0.05) is 12.1 Å². The molecule has 11 heteroatoms. The highest BCUT2D eigenvalue weighted by atomic mass is 19.3. The molecule has 0 radical (unpaired) electrons. The van der Waals surface area contributed by atoms with E-state index < -0.39 is 42.6 Å². The van der Waals surface area contributed by atoms with Gasteiger partial charge in [0, 0.05) is 17.3 Å². The molecular formula is C18H17F2N3O6. The smallest absolute Gasteiger partial charge is 0.351 e. The van der Waals surface area contributed by atoms with Crippen LogP contribution in [0.4, 0.5) is 14.6 Å². The molecule has 9 nitrogen and oxygen atoms in total. The highest BCUT2D eigenvalue weighted by Crippen LogP contribution is 2.41. The average Bonchev–Trinajstić information content (AvgIpc) is 2.91. The minimum absolute atomic E-state index is 0.165. The van der Waals surface area contributed by atoms with Crippen molar-refractivity contribution in [1.29, 1.82) is 0 Å². The van der Waals surface area contributed by atoms with Crippen LogP contribution in [0.1, 0.15) is 33.9 Å². The third-order valence-electron chi connectivity index (χ3n) is 4.44. The number of ether oxygens (including phenoxy) is 1. The first-order chi connectivity index (χ1) is 13.6. The molecule has 0 aliphatic carbocycles. The maximum atomic E-state index is 14.2. The number of nitrogens with one attached hydrogen (secondary N) is 1. The molecule has 0 bridgehead atoms. The van der Waals surface area contributed by atoms with E-state index in [0.717, 1.165) is 12.3 Å². The third-order valence-corrected chi connectivity index (χ3v) is 4.44. The van der Waals surface area contributed by atoms with Crippen LogP contribution >= 0.6 is 0 Å². The molecule has 1 amide bonds. The van der Waals surface area contributed by atoms with Crippen LogP contribution in [-0.4, -0.2) is 56.2 Å². The number of hydrogen-bond donors (Lipinski definition) is 3. The van der Waals surface area contributed by atoms with Crippen LogP contribution in [-0.2, 0) is 4.74 Å². The maximum absolute atomic E-state index is 14.2. The summed E-state index contributed by atoms with van der Waals surface area (Å²) in [6.45, 7) is 0.527. The number of carbonyl (C=O) groups is 2. The summed E-state index contributed by atoms with van der Waals surface area (Å²) in [5.41, 5.74) is -0.533. The Morgan fingerprint density at radius 1 is 1.24 bits per heavy atom. The van der Waals surface area contributed by atoms with Crippen molar-refractivity contribution >= 4 is 17.5 Å². The fourth-order valence-corrected chi connectivity index (χ4v) is 2.82. The number of aromatic nitrogens is 2. The maximum Gasteiger partial charge on any atom is 0.351 e.